The molecule has 1 fully saturated rings. The Balaban J connectivity index is 1.96. The third-order valence-electron chi connectivity index (χ3n) is 5.16. The number of hydrogen-bond acceptors (Lipinski definition) is 7. The molecular weight excluding hydrogens is 440 g/mol. The van der Waals surface area contributed by atoms with Crippen molar-refractivity contribution in [2.75, 3.05) is 0 Å². The lowest BCUT2D eigenvalue weighted by atomic mass is 9.98. The SMILES string of the molecule is C[C@H](NC(=O)[C@H](CC(=O)OC1CCCCC1)NC(=O)OC(C)(C)C)C(=O)OCc1ccccc1. The van der Waals surface area contributed by atoms with E-state index >= 15 is 0 Å². The first-order valence-electron chi connectivity index (χ1n) is 11.7. The minimum absolute atomic E-state index is 0.0627. The van der Waals surface area contributed by atoms with E-state index in [1.807, 2.05) is 30.3 Å². The summed E-state index contributed by atoms with van der Waals surface area (Å²) in [5, 5.41) is 4.92. The van der Waals surface area contributed by atoms with Crippen molar-refractivity contribution in [2.45, 2.75) is 96.6 Å². The van der Waals surface area contributed by atoms with Crippen LogP contribution in [0.25, 0.3) is 0 Å². The number of alkyl carbamates (subject to hydrolysis) is 1. The van der Waals surface area contributed by atoms with Crippen LogP contribution in [0.5, 0.6) is 0 Å². The fourth-order valence-electron chi connectivity index (χ4n) is 3.47. The smallest absolute Gasteiger partial charge is 0.408 e. The van der Waals surface area contributed by atoms with Crippen LogP contribution < -0.4 is 10.6 Å². The second-order valence-electron chi connectivity index (χ2n) is 9.48. The molecule has 34 heavy (non-hydrogen) atoms. The highest BCUT2D eigenvalue weighted by Crippen LogP contribution is 2.21. The molecule has 0 radical (unpaired) electrons. The molecule has 0 saturated heterocycles. The average Bonchev–Trinajstić information content (AvgIpc) is 2.77. The number of nitrogens with one attached hydrogen (secondary N) is 2. The Bertz CT molecular complexity index is 829. The first-order valence-corrected chi connectivity index (χ1v) is 11.7. The van der Waals surface area contributed by atoms with Crippen LogP contribution >= 0.6 is 0 Å². The largest absolute Gasteiger partial charge is 0.462 e. The fourth-order valence-corrected chi connectivity index (χ4v) is 3.47. The maximum absolute atomic E-state index is 12.9. The van der Waals surface area contributed by atoms with E-state index in [0.717, 1.165) is 37.7 Å². The van der Waals surface area contributed by atoms with Gasteiger partial charge in [-0.15, -0.1) is 0 Å². The normalized spacial score (nSPS) is 16.0. The lowest BCUT2D eigenvalue weighted by Gasteiger charge is -2.25. The summed E-state index contributed by atoms with van der Waals surface area (Å²) in [4.78, 5) is 49.9. The average molecular weight is 477 g/mol. The van der Waals surface area contributed by atoms with Gasteiger partial charge in [0, 0.05) is 0 Å². The first-order chi connectivity index (χ1) is 16.0. The van der Waals surface area contributed by atoms with Gasteiger partial charge in [0.1, 0.15) is 30.4 Å². The van der Waals surface area contributed by atoms with Crippen molar-refractivity contribution >= 4 is 23.9 Å². The number of carbonyl (C=O) groups is 4. The summed E-state index contributed by atoms with van der Waals surface area (Å²) in [6.45, 7) is 6.58. The third-order valence-corrected chi connectivity index (χ3v) is 5.16. The molecule has 1 aliphatic carbocycles. The van der Waals surface area contributed by atoms with Gasteiger partial charge in [0.2, 0.25) is 5.91 Å². The maximum Gasteiger partial charge on any atom is 0.408 e. The molecule has 0 unspecified atom stereocenters. The molecular formula is C25H36N2O7. The van der Waals surface area contributed by atoms with Crippen molar-refractivity contribution < 1.29 is 33.4 Å². The maximum atomic E-state index is 12.9. The molecule has 0 bridgehead atoms. The lowest BCUT2D eigenvalue weighted by molar-refractivity contribution is -0.152. The summed E-state index contributed by atoms with van der Waals surface area (Å²) in [5.74, 6) is -1.95. The van der Waals surface area contributed by atoms with Crippen molar-refractivity contribution in [3.63, 3.8) is 0 Å². The van der Waals surface area contributed by atoms with Gasteiger partial charge in [0.05, 0.1) is 6.42 Å². The quantitative estimate of drug-likeness (QED) is 0.414. The zero-order valence-electron chi connectivity index (χ0n) is 20.4. The molecule has 1 saturated carbocycles. The first kappa shape index (κ1) is 27.1. The molecule has 0 aromatic heterocycles. The Kier molecular flexibility index (Phi) is 10.3. The van der Waals surface area contributed by atoms with Crippen LogP contribution in [0.1, 0.15) is 71.8 Å². The lowest BCUT2D eigenvalue weighted by Crippen LogP contribution is -2.52. The molecule has 1 aromatic rings. The number of amides is 2. The monoisotopic (exact) mass is 476 g/mol. The highest BCUT2D eigenvalue weighted by atomic mass is 16.6. The molecule has 0 spiro atoms. The zero-order chi connectivity index (χ0) is 25.1. The van der Waals surface area contributed by atoms with Crippen molar-refractivity contribution in [1.29, 1.82) is 0 Å². The second-order valence-corrected chi connectivity index (χ2v) is 9.48. The van der Waals surface area contributed by atoms with Gasteiger partial charge in [0.15, 0.2) is 0 Å². The standard InChI is InChI=1S/C25H36N2O7/c1-17(23(30)32-16-18-11-7-5-8-12-18)26-22(29)20(27-24(31)34-25(2,3)4)15-21(28)33-19-13-9-6-10-14-19/h5,7-8,11-12,17,19-20H,6,9-10,13-16H2,1-4H3,(H,26,29)(H,27,31)/t17-,20-/m0/s1. The number of hydrogen-bond donors (Lipinski definition) is 2. The molecule has 9 heteroatoms. The summed E-state index contributed by atoms with van der Waals surface area (Å²) in [6.07, 6.45) is 3.24. The van der Waals surface area contributed by atoms with Crippen LogP contribution in [0.2, 0.25) is 0 Å². The Morgan fingerprint density at radius 3 is 2.26 bits per heavy atom. The minimum Gasteiger partial charge on any atom is -0.462 e. The van der Waals surface area contributed by atoms with Crippen molar-refractivity contribution in [1.82, 2.24) is 10.6 Å². The summed E-state index contributed by atoms with van der Waals surface area (Å²) in [6, 6.07) is 6.88. The molecule has 1 aliphatic rings. The van der Waals surface area contributed by atoms with E-state index in [0.29, 0.717) is 0 Å². The number of carbonyl (C=O) groups excluding carboxylic acids is 4. The van der Waals surface area contributed by atoms with Crippen molar-refractivity contribution in [3.05, 3.63) is 35.9 Å². The molecule has 0 heterocycles. The molecule has 2 amide bonds. The van der Waals surface area contributed by atoms with E-state index < -0.39 is 41.6 Å². The number of rotatable bonds is 9. The van der Waals surface area contributed by atoms with E-state index in [2.05, 4.69) is 10.6 Å². The molecule has 188 valence electrons. The van der Waals surface area contributed by atoms with Crippen molar-refractivity contribution in [2.24, 2.45) is 0 Å². The molecule has 2 rings (SSSR count). The van der Waals surface area contributed by atoms with Gasteiger partial charge in [0.25, 0.3) is 0 Å². The van der Waals surface area contributed by atoms with Crippen molar-refractivity contribution in [3.8, 4) is 0 Å². The Hall–Kier alpha value is -3.10. The number of benzene rings is 1. The molecule has 0 aliphatic heterocycles. The molecule has 9 nitrogen and oxygen atoms in total. The summed E-state index contributed by atoms with van der Waals surface area (Å²) in [5.41, 5.74) is 0.0201. The fraction of sp³-hybridized carbons (Fsp3) is 0.600. The van der Waals surface area contributed by atoms with Crippen LogP contribution in [0.4, 0.5) is 4.79 Å². The summed E-state index contributed by atoms with van der Waals surface area (Å²) >= 11 is 0. The minimum atomic E-state index is -1.27. The number of ether oxygens (including phenoxy) is 3. The topological polar surface area (TPSA) is 120 Å². The predicted molar refractivity (Wildman–Crippen MR) is 125 cm³/mol. The summed E-state index contributed by atoms with van der Waals surface area (Å²) in [7, 11) is 0. The van der Waals surface area contributed by atoms with Gasteiger partial charge >= 0.3 is 18.0 Å². The van der Waals surface area contributed by atoms with Crippen LogP contribution in [0, 0.1) is 0 Å². The van der Waals surface area contributed by atoms with Crippen LogP contribution in [-0.2, 0) is 35.2 Å². The van der Waals surface area contributed by atoms with Gasteiger partial charge in [-0.2, -0.15) is 0 Å². The van der Waals surface area contributed by atoms with E-state index in [-0.39, 0.29) is 19.1 Å². The molecule has 2 atom stereocenters. The molecule has 2 N–H and O–H groups in total. The van der Waals surface area contributed by atoms with Gasteiger partial charge in [-0.1, -0.05) is 36.8 Å². The van der Waals surface area contributed by atoms with Crippen LogP contribution in [0.15, 0.2) is 30.3 Å². The predicted octanol–water partition coefficient (Wildman–Crippen LogP) is 3.39. The number of esters is 2. The summed E-state index contributed by atoms with van der Waals surface area (Å²) < 4.78 is 15.9. The van der Waals surface area contributed by atoms with E-state index in [1.165, 1.54) is 6.92 Å². The Morgan fingerprint density at radius 2 is 1.65 bits per heavy atom. The van der Waals surface area contributed by atoms with E-state index in [1.54, 1.807) is 20.8 Å². The zero-order valence-corrected chi connectivity index (χ0v) is 20.4. The van der Waals surface area contributed by atoms with Gasteiger partial charge in [-0.05, 0) is 58.9 Å². The highest BCUT2D eigenvalue weighted by molar-refractivity contribution is 5.92. The van der Waals surface area contributed by atoms with Gasteiger partial charge in [-0.3, -0.25) is 9.59 Å². The van der Waals surface area contributed by atoms with Crippen LogP contribution in [0.3, 0.4) is 0 Å². The van der Waals surface area contributed by atoms with Crippen LogP contribution in [-0.4, -0.2) is 47.7 Å². The van der Waals surface area contributed by atoms with Gasteiger partial charge in [-0.25, -0.2) is 9.59 Å². The van der Waals surface area contributed by atoms with Gasteiger partial charge < -0.3 is 24.8 Å². The van der Waals surface area contributed by atoms with E-state index in [4.69, 9.17) is 14.2 Å². The Labute approximate surface area is 200 Å². The third kappa shape index (κ3) is 10.2. The highest BCUT2D eigenvalue weighted by Gasteiger charge is 2.30. The Morgan fingerprint density at radius 1 is 1.00 bits per heavy atom. The second kappa shape index (κ2) is 13.0. The van der Waals surface area contributed by atoms with E-state index in [9.17, 15) is 19.2 Å². The molecule has 1 aromatic carbocycles.